The van der Waals surface area contributed by atoms with Gasteiger partial charge in [0.1, 0.15) is 13.7 Å². The molecule has 3 heterocycles. The smallest absolute Gasteiger partial charge is 0.262 e. The topological polar surface area (TPSA) is 34.9 Å². The first-order valence-corrected chi connectivity index (χ1v) is 8.42. The zero-order valence-corrected chi connectivity index (χ0v) is 13.3. The van der Waals surface area contributed by atoms with Crippen LogP contribution in [0.15, 0.2) is 28.4 Å². The van der Waals surface area contributed by atoms with E-state index >= 15 is 0 Å². The maximum Gasteiger partial charge on any atom is 0.262 e. The summed E-state index contributed by atoms with van der Waals surface area (Å²) in [5.41, 5.74) is 0.576. The summed E-state index contributed by atoms with van der Waals surface area (Å²) in [7, 11) is 0. The first kappa shape index (κ1) is 13.3. The van der Waals surface area contributed by atoms with Crippen molar-refractivity contribution in [3.05, 3.63) is 48.3 Å². The average molecular weight is 349 g/mol. The van der Waals surface area contributed by atoms with E-state index in [-0.39, 0.29) is 5.56 Å². The highest BCUT2D eigenvalue weighted by Gasteiger charge is 2.13. The molecule has 3 rings (SSSR count). The van der Waals surface area contributed by atoms with Crippen LogP contribution in [0, 0.1) is 0 Å². The molecule has 0 aliphatic carbocycles. The van der Waals surface area contributed by atoms with Crippen molar-refractivity contribution in [1.82, 2.24) is 8.94 Å². The summed E-state index contributed by atoms with van der Waals surface area (Å²) in [4.78, 5) is 17.2. The van der Waals surface area contributed by atoms with Crippen molar-refractivity contribution in [2.45, 2.75) is 6.54 Å². The molecule has 0 aromatic carbocycles. The van der Waals surface area contributed by atoms with Crippen LogP contribution < -0.4 is 5.56 Å². The predicted octanol–water partition coefficient (Wildman–Crippen LogP) is 4.45. The maximum atomic E-state index is 11.6. The van der Waals surface area contributed by atoms with Gasteiger partial charge in [0.2, 0.25) is 0 Å². The normalized spacial score (nSPS) is 11.1. The molecule has 19 heavy (non-hydrogen) atoms. The van der Waals surface area contributed by atoms with E-state index in [1.165, 1.54) is 28.9 Å². The highest BCUT2D eigenvalue weighted by Crippen LogP contribution is 2.34. The molecule has 0 saturated heterocycles. The first-order valence-electron chi connectivity index (χ1n) is 5.19. The predicted molar refractivity (Wildman–Crippen MR) is 83.1 cm³/mol. The molecule has 0 aliphatic heterocycles. The number of nitrogens with zero attached hydrogens (tertiary/aromatic N) is 2. The van der Waals surface area contributed by atoms with E-state index in [0.717, 1.165) is 9.88 Å². The van der Waals surface area contributed by atoms with Gasteiger partial charge < -0.3 is 0 Å². The standard InChI is InChI=1S/C11H6Cl2N2OS3/c12-8-4-9(16)15(19-8)5-6-10(13)18-11(14-6)7-2-1-3-17-7/h1-4H,5H2. The van der Waals surface area contributed by atoms with Crippen LogP contribution in [0.25, 0.3) is 9.88 Å². The SMILES string of the molecule is O=c1cc(Cl)sn1Cc1nc(-c2cccs2)sc1Cl. The molecular formula is C11H6Cl2N2OS3. The highest BCUT2D eigenvalue weighted by atomic mass is 35.5. The average Bonchev–Trinajstić information content (AvgIpc) is 3.03. The molecule has 0 radical (unpaired) electrons. The number of thiophene rings is 1. The molecule has 0 saturated carbocycles. The summed E-state index contributed by atoms with van der Waals surface area (Å²) in [5, 5.41) is 2.87. The van der Waals surface area contributed by atoms with Crippen LogP contribution in [-0.2, 0) is 6.54 Å². The zero-order valence-electron chi connectivity index (χ0n) is 9.30. The van der Waals surface area contributed by atoms with Crippen molar-refractivity contribution < 1.29 is 0 Å². The zero-order chi connectivity index (χ0) is 13.4. The van der Waals surface area contributed by atoms with Crippen molar-refractivity contribution >= 4 is 57.4 Å². The van der Waals surface area contributed by atoms with E-state index in [4.69, 9.17) is 23.2 Å². The summed E-state index contributed by atoms with van der Waals surface area (Å²) in [5.74, 6) is 0. The Morgan fingerprint density at radius 2 is 2.21 bits per heavy atom. The number of thiazole rings is 1. The lowest BCUT2D eigenvalue weighted by Crippen LogP contribution is -2.12. The van der Waals surface area contributed by atoms with E-state index in [9.17, 15) is 4.79 Å². The van der Waals surface area contributed by atoms with Crippen LogP contribution in [0.4, 0.5) is 0 Å². The Morgan fingerprint density at radius 3 is 2.84 bits per heavy atom. The number of hydrogen-bond donors (Lipinski definition) is 0. The fourth-order valence-electron chi connectivity index (χ4n) is 1.53. The van der Waals surface area contributed by atoms with Gasteiger partial charge in [-0.05, 0) is 23.0 Å². The second-order valence-electron chi connectivity index (χ2n) is 3.63. The molecule has 3 nitrogen and oxygen atoms in total. The summed E-state index contributed by atoms with van der Waals surface area (Å²) in [6.45, 7) is 0.358. The molecule has 0 fully saturated rings. The van der Waals surface area contributed by atoms with Crippen molar-refractivity contribution in [2.24, 2.45) is 0 Å². The molecule has 0 amide bonds. The van der Waals surface area contributed by atoms with Crippen LogP contribution in [0.2, 0.25) is 8.67 Å². The Hall–Kier alpha value is -0.660. The lowest BCUT2D eigenvalue weighted by molar-refractivity contribution is 0.827. The van der Waals surface area contributed by atoms with Gasteiger partial charge in [-0.15, -0.1) is 22.7 Å². The van der Waals surface area contributed by atoms with Gasteiger partial charge in [-0.2, -0.15) is 0 Å². The van der Waals surface area contributed by atoms with Crippen molar-refractivity contribution in [3.63, 3.8) is 0 Å². The van der Waals surface area contributed by atoms with Crippen LogP contribution in [0.3, 0.4) is 0 Å². The largest absolute Gasteiger partial charge is 0.268 e. The Kier molecular flexibility index (Phi) is 3.77. The molecule has 0 atom stereocenters. The molecule has 3 aromatic rings. The Morgan fingerprint density at radius 1 is 1.37 bits per heavy atom. The molecule has 0 unspecified atom stereocenters. The number of aromatic nitrogens is 2. The van der Waals surface area contributed by atoms with Gasteiger partial charge in [0, 0.05) is 6.07 Å². The Balaban J connectivity index is 1.94. The van der Waals surface area contributed by atoms with Gasteiger partial charge in [-0.25, -0.2) is 4.98 Å². The van der Waals surface area contributed by atoms with Gasteiger partial charge in [0.25, 0.3) is 5.56 Å². The monoisotopic (exact) mass is 348 g/mol. The molecule has 8 heteroatoms. The lowest BCUT2D eigenvalue weighted by atomic mass is 10.4. The third-order valence-corrected chi connectivity index (χ3v) is 5.87. The quantitative estimate of drug-likeness (QED) is 0.700. The summed E-state index contributed by atoms with van der Waals surface area (Å²) >= 11 is 16.2. The second-order valence-corrected chi connectivity index (χ2v) is 7.87. The number of halogens is 2. The first-order chi connectivity index (χ1) is 9.13. The fourth-order valence-corrected chi connectivity index (χ4v) is 4.49. The van der Waals surface area contributed by atoms with Gasteiger partial charge in [-0.3, -0.25) is 8.75 Å². The van der Waals surface area contributed by atoms with Crippen LogP contribution >= 0.6 is 57.4 Å². The van der Waals surface area contributed by atoms with E-state index in [0.29, 0.717) is 20.9 Å². The van der Waals surface area contributed by atoms with Crippen LogP contribution in [-0.4, -0.2) is 8.94 Å². The molecule has 0 aliphatic rings. The van der Waals surface area contributed by atoms with Gasteiger partial charge in [0.15, 0.2) is 0 Å². The number of rotatable bonds is 3. The Bertz CT molecular complexity index is 757. The van der Waals surface area contributed by atoms with Crippen LogP contribution in [0.5, 0.6) is 0 Å². The van der Waals surface area contributed by atoms with Crippen LogP contribution in [0.1, 0.15) is 5.69 Å². The summed E-state index contributed by atoms with van der Waals surface area (Å²) in [6.07, 6.45) is 0. The van der Waals surface area contributed by atoms with Crippen molar-refractivity contribution in [2.75, 3.05) is 0 Å². The Labute approximate surface area is 130 Å². The van der Waals surface area contributed by atoms with Crippen molar-refractivity contribution in [3.8, 4) is 9.88 Å². The maximum absolute atomic E-state index is 11.6. The van der Waals surface area contributed by atoms with Crippen molar-refractivity contribution in [1.29, 1.82) is 0 Å². The lowest BCUT2D eigenvalue weighted by Gasteiger charge is -1.96. The minimum absolute atomic E-state index is 0.128. The molecule has 0 bridgehead atoms. The van der Waals surface area contributed by atoms with E-state index in [1.54, 1.807) is 15.3 Å². The van der Waals surface area contributed by atoms with Gasteiger partial charge in [0.05, 0.1) is 17.1 Å². The molecule has 0 N–H and O–H groups in total. The highest BCUT2D eigenvalue weighted by molar-refractivity contribution is 7.23. The summed E-state index contributed by atoms with van der Waals surface area (Å²) < 4.78 is 2.62. The van der Waals surface area contributed by atoms with E-state index in [2.05, 4.69) is 4.98 Å². The molecular weight excluding hydrogens is 343 g/mol. The fraction of sp³-hybridized carbons (Fsp3) is 0.0909. The van der Waals surface area contributed by atoms with Gasteiger partial charge >= 0.3 is 0 Å². The third-order valence-electron chi connectivity index (χ3n) is 2.36. The van der Waals surface area contributed by atoms with E-state index < -0.39 is 0 Å². The minimum atomic E-state index is -0.128. The minimum Gasteiger partial charge on any atom is -0.268 e. The molecule has 98 valence electrons. The second kappa shape index (κ2) is 5.38. The molecule has 3 aromatic heterocycles. The third kappa shape index (κ3) is 2.78. The summed E-state index contributed by atoms with van der Waals surface area (Å²) in [6, 6.07) is 5.36. The van der Waals surface area contributed by atoms with E-state index in [1.807, 2.05) is 17.5 Å². The number of hydrogen-bond acceptors (Lipinski definition) is 5. The van der Waals surface area contributed by atoms with Gasteiger partial charge in [-0.1, -0.05) is 29.3 Å². The molecule has 0 spiro atoms.